The first-order valence-electron chi connectivity index (χ1n) is 5.78. The topological polar surface area (TPSA) is 29.9 Å². The Morgan fingerprint density at radius 3 is 3.00 bits per heavy atom. The lowest BCUT2D eigenvalue weighted by Gasteiger charge is -2.03. The van der Waals surface area contributed by atoms with Crippen LogP contribution in [0.3, 0.4) is 0 Å². The summed E-state index contributed by atoms with van der Waals surface area (Å²) in [7, 11) is 1.91. The number of aromatic nitrogens is 2. The molecule has 0 aliphatic heterocycles. The largest absolute Gasteiger partial charge is 0.333 e. The molecule has 0 spiro atoms. The molecule has 96 valence electrons. The van der Waals surface area contributed by atoms with Crippen molar-refractivity contribution in [2.75, 3.05) is 13.6 Å². The molecular formula is C13H15ClFN3. The van der Waals surface area contributed by atoms with Crippen molar-refractivity contribution in [3.8, 4) is 0 Å². The van der Waals surface area contributed by atoms with E-state index < -0.39 is 0 Å². The molecular weight excluding hydrogens is 253 g/mol. The zero-order chi connectivity index (χ0) is 13.0. The van der Waals surface area contributed by atoms with Crippen molar-refractivity contribution in [2.24, 2.45) is 0 Å². The molecule has 0 radical (unpaired) electrons. The predicted octanol–water partition coefficient (Wildman–Crippen LogP) is 2.49. The zero-order valence-electron chi connectivity index (χ0n) is 10.2. The van der Waals surface area contributed by atoms with Crippen LogP contribution in [0.5, 0.6) is 0 Å². The van der Waals surface area contributed by atoms with Crippen LogP contribution < -0.4 is 5.32 Å². The lowest BCUT2D eigenvalue weighted by molar-refractivity contribution is 0.624. The van der Waals surface area contributed by atoms with E-state index >= 15 is 0 Å². The molecule has 1 heterocycles. The van der Waals surface area contributed by atoms with E-state index in [4.69, 9.17) is 11.6 Å². The molecule has 0 bridgehead atoms. The average molecular weight is 268 g/mol. The molecule has 0 atom stereocenters. The van der Waals surface area contributed by atoms with Crippen molar-refractivity contribution in [2.45, 2.75) is 13.0 Å². The Kier molecular flexibility index (Phi) is 4.33. The highest BCUT2D eigenvalue weighted by Crippen LogP contribution is 2.16. The smallest absolute Gasteiger partial charge is 0.142 e. The first kappa shape index (κ1) is 13.1. The number of hydrogen-bond acceptors (Lipinski definition) is 2. The van der Waals surface area contributed by atoms with Gasteiger partial charge in [-0.1, -0.05) is 17.7 Å². The van der Waals surface area contributed by atoms with E-state index in [1.54, 1.807) is 12.4 Å². The molecule has 1 aromatic carbocycles. The molecule has 0 aliphatic rings. The highest BCUT2D eigenvalue weighted by molar-refractivity contribution is 6.30. The number of rotatable bonds is 5. The Morgan fingerprint density at radius 2 is 2.28 bits per heavy atom. The molecule has 1 aromatic heterocycles. The van der Waals surface area contributed by atoms with Crippen LogP contribution in [-0.2, 0) is 13.0 Å². The minimum atomic E-state index is -0.385. The van der Waals surface area contributed by atoms with Crippen molar-refractivity contribution >= 4 is 11.6 Å². The molecule has 18 heavy (non-hydrogen) atoms. The summed E-state index contributed by atoms with van der Waals surface area (Å²) in [5.74, 6) is -0.385. The van der Waals surface area contributed by atoms with Crippen molar-refractivity contribution in [3.05, 3.63) is 52.8 Å². The minimum Gasteiger partial charge on any atom is -0.333 e. The van der Waals surface area contributed by atoms with Crippen LogP contribution in [0.2, 0.25) is 5.02 Å². The van der Waals surface area contributed by atoms with Gasteiger partial charge in [-0.05, 0) is 24.7 Å². The predicted molar refractivity (Wildman–Crippen MR) is 70.4 cm³/mol. The zero-order valence-corrected chi connectivity index (χ0v) is 10.9. The molecule has 0 amide bonds. The third kappa shape index (κ3) is 3.31. The Hall–Kier alpha value is -1.39. The fourth-order valence-corrected chi connectivity index (χ4v) is 1.84. The number of halogens is 2. The van der Waals surface area contributed by atoms with Crippen LogP contribution in [0.4, 0.5) is 4.39 Å². The van der Waals surface area contributed by atoms with Gasteiger partial charge in [0.15, 0.2) is 0 Å². The van der Waals surface area contributed by atoms with Crippen molar-refractivity contribution in [1.29, 1.82) is 0 Å². The Balaban J connectivity index is 2.04. The molecule has 3 nitrogen and oxygen atoms in total. The standard InChI is InChI=1S/C13H15ClFN3/c1-16-5-4-11-8-18(9-17-11)7-10-2-3-12(14)13(15)6-10/h2-3,6,8-9,16H,4-5,7H2,1H3. The average Bonchev–Trinajstić information content (AvgIpc) is 2.79. The van der Waals surface area contributed by atoms with Gasteiger partial charge < -0.3 is 9.88 Å². The Morgan fingerprint density at radius 1 is 1.44 bits per heavy atom. The number of benzene rings is 1. The van der Waals surface area contributed by atoms with Gasteiger partial charge in [0.25, 0.3) is 0 Å². The summed E-state index contributed by atoms with van der Waals surface area (Å²) in [6.07, 6.45) is 4.62. The first-order chi connectivity index (χ1) is 8.69. The highest BCUT2D eigenvalue weighted by atomic mass is 35.5. The van der Waals surface area contributed by atoms with Crippen LogP contribution in [0.25, 0.3) is 0 Å². The van der Waals surface area contributed by atoms with Crippen molar-refractivity contribution < 1.29 is 4.39 Å². The van der Waals surface area contributed by atoms with Gasteiger partial charge in [-0.25, -0.2) is 9.37 Å². The maximum atomic E-state index is 13.3. The number of nitrogens with zero attached hydrogens (tertiary/aromatic N) is 2. The number of nitrogens with one attached hydrogen (secondary N) is 1. The van der Waals surface area contributed by atoms with Crippen LogP contribution in [0.15, 0.2) is 30.7 Å². The fourth-order valence-electron chi connectivity index (χ4n) is 1.72. The molecule has 0 saturated heterocycles. The first-order valence-corrected chi connectivity index (χ1v) is 6.16. The van der Waals surface area contributed by atoms with Gasteiger partial charge in [-0.15, -0.1) is 0 Å². The fraction of sp³-hybridized carbons (Fsp3) is 0.308. The molecule has 2 rings (SSSR count). The third-order valence-corrected chi connectivity index (χ3v) is 2.97. The highest BCUT2D eigenvalue weighted by Gasteiger charge is 2.03. The van der Waals surface area contributed by atoms with Gasteiger partial charge >= 0.3 is 0 Å². The summed E-state index contributed by atoms with van der Waals surface area (Å²) >= 11 is 5.64. The van der Waals surface area contributed by atoms with Gasteiger partial charge in [0.1, 0.15) is 5.82 Å². The number of likely N-dealkylation sites (N-methyl/N-ethyl adjacent to an activating group) is 1. The Labute approximate surface area is 111 Å². The molecule has 2 aromatic rings. The van der Waals surface area contributed by atoms with Crippen LogP contribution >= 0.6 is 11.6 Å². The van der Waals surface area contributed by atoms with Crippen LogP contribution in [0, 0.1) is 5.82 Å². The van der Waals surface area contributed by atoms with E-state index in [-0.39, 0.29) is 10.8 Å². The van der Waals surface area contributed by atoms with E-state index in [1.165, 1.54) is 6.07 Å². The minimum absolute atomic E-state index is 0.152. The SMILES string of the molecule is CNCCc1cn(Cc2ccc(Cl)c(F)c2)cn1. The lowest BCUT2D eigenvalue weighted by atomic mass is 10.2. The second kappa shape index (κ2) is 5.98. The number of imidazole rings is 1. The van der Waals surface area contributed by atoms with Crippen molar-refractivity contribution in [3.63, 3.8) is 0 Å². The van der Waals surface area contributed by atoms with Gasteiger partial charge in [0, 0.05) is 25.7 Å². The van der Waals surface area contributed by atoms with E-state index in [9.17, 15) is 4.39 Å². The normalized spacial score (nSPS) is 10.8. The van der Waals surface area contributed by atoms with Gasteiger partial charge in [0.2, 0.25) is 0 Å². The summed E-state index contributed by atoms with van der Waals surface area (Å²) in [4.78, 5) is 4.29. The summed E-state index contributed by atoms with van der Waals surface area (Å²) < 4.78 is 15.2. The van der Waals surface area contributed by atoms with E-state index in [1.807, 2.05) is 23.9 Å². The second-order valence-electron chi connectivity index (χ2n) is 4.14. The van der Waals surface area contributed by atoms with Crippen LogP contribution in [-0.4, -0.2) is 23.1 Å². The second-order valence-corrected chi connectivity index (χ2v) is 4.55. The molecule has 0 unspecified atom stereocenters. The molecule has 0 fully saturated rings. The number of hydrogen-bond donors (Lipinski definition) is 1. The van der Waals surface area contributed by atoms with E-state index in [0.29, 0.717) is 6.54 Å². The van der Waals surface area contributed by atoms with Crippen molar-refractivity contribution in [1.82, 2.24) is 14.9 Å². The molecule has 1 N–H and O–H groups in total. The van der Waals surface area contributed by atoms with Crippen LogP contribution in [0.1, 0.15) is 11.3 Å². The monoisotopic (exact) mass is 267 g/mol. The quantitative estimate of drug-likeness (QED) is 0.902. The summed E-state index contributed by atoms with van der Waals surface area (Å²) in [6, 6.07) is 4.85. The van der Waals surface area contributed by atoms with Gasteiger partial charge in [-0.2, -0.15) is 0 Å². The molecule has 0 saturated carbocycles. The van der Waals surface area contributed by atoms with Gasteiger partial charge in [0.05, 0.1) is 17.0 Å². The summed E-state index contributed by atoms with van der Waals surface area (Å²) in [5.41, 5.74) is 1.90. The molecule has 0 aliphatic carbocycles. The summed E-state index contributed by atoms with van der Waals surface area (Å²) in [6.45, 7) is 1.49. The maximum Gasteiger partial charge on any atom is 0.142 e. The Bertz CT molecular complexity index is 525. The van der Waals surface area contributed by atoms with Gasteiger partial charge in [-0.3, -0.25) is 0 Å². The lowest BCUT2D eigenvalue weighted by Crippen LogP contribution is -2.10. The van der Waals surface area contributed by atoms with E-state index in [0.717, 1.165) is 24.2 Å². The third-order valence-electron chi connectivity index (χ3n) is 2.67. The maximum absolute atomic E-state index is 13.3. The summed E-state index contributed by atoms with van der Waals surface area (Å²) in [5, 5.41) is 3.23. The van der Waals surface area contributed by atoms with E-state index in [2.05, 4.69) is 10.3 Å². The molecule has 5 heteroatoms.